The summed E-state index contributed by atoms with van der Waals surface area (Å²) in [5.74, 6) is 1.02. The number of rotatable bonds is 10. The molecule has 0 amide bonds. The quantitative estimate of drug-likeness (QED) is 0.557. The Balaban J connectivity index is 2.30. The number of hydrogen-bond acceptors (Lipinski definition) is 8. The second kappa shape index (κ2) is 9.14. The predicted molar refractivity (Wildman–Crippen MR) is 84.1 cm³/mol. The summed E-state index contributed by atoms with van der Waals surface area (Å²) in [6.07, 6.45) is -0.595. The van der Waals surface area contributed by atoms with Crippen LogP contribution in [-0.2, 0) is 4.74 Å². The van der Waals surface area contributed by atoms with Gasteiger partial charge in [0, 0.05) is 25.2 Å². The van der Waals surface area contributed by atoms with E-state index in [4.69, 9.17) is 9.47 Å². The van der Waals surface area contributed by atoms with Crippen molar-refractivity contribution in [1.82, 2.24) is 14.1 Å². The molecule has 7 nitrogen and oxygen atoms in total. The number of aromatic nitrogens is 2. The first-order valence-corrected chi connectivity index (χ1v) is 7.85. The minimum absolute atomic E-state index is 0.0326. The monoisotopic (exact) mass is 318 g/mol. The lowest BCUT2D eigenvalue weighted by Crippen LogP contribution is -2.42. The predicted octanol–water partition coefficient (Wildman–Crippen LogP) is 1.11. The van der Waals surface area contributed by atoms with Crippen LogP contribution in [0.3, 0.4) is 0 Å². The van der Waals surface area contributed by atoms with Crippen molar-refractivity contribution in [3.05, 3.63) is 0 Å². The number of aliphatic hydroxyl groups excluding tert-OH is 1. The highest BCUT2D eigenvalue weighted by Gasteiger charge is 2.15. The van der Waals surface area contributed by atoms with E-state index in [1.807, 2.05) is 27.7 Å². The fourth-order valence-electron chi connectivity index (χ4n) is 1.43. The van der Waals surface area contributed by atoms with Gasteiger partial charge in [0.25, 0.3) is 5.88 Å². The smallest absolute Gasteiger partial charge is 0.270 e. The van der Waals surface area contributed by atoms with Gasteiger partial charge in [0.2, 0.25) is 5.82 Å². The Labute approximate surface area is 130 Å². The molecule has 21 heavy (non-hydrogen) atoms. The zero-order valence-corrected chi connectivity index (χ0v) is 14.0. The number of nitrogens with one attached hydrogen (secondary N) is 2. The molecule has 1 atom stereocenters. The van der Waals surface area contributed by atoms with E-state index in [9.17, 15) is 5.11 Å². The van der Waals surface area contributed by atoms with Crippen molar-refractivity contribution in [1.29, 1.82) is 0 Å². The number of ether oxygens (including phenoxy) is 2. The minimum Gasteiger partial charge on any atom is -0.472 e. The topological polar surface area (TPSA) is 88.5 Å². The van der Waals surface area contributed by atoms with Crippen molar-refractivity contribution < 1.29 is 14.6 Å². The molecule has 0 fully saturated rings. The first-order valence-electron chi connectivity index (χ1n) is 7.12. The summed E-state index contributed by atoms with van der Waals surface area (Å²) in [4.78, 5) is 0. The summed E-state index contributed by atoms with van der Waals surface area (Å²) in [6.45, 7) is 10.7. The van der Waals surface area contributed by atoms with Crippen LogP contribution in [0.2, 0.25) is 0 Å². The zero-order chi connectivity index (χ0) is 15.7. The normalized spacial score (nSPS) is 13.2. The second-order valence-electron chi connectivity index (χ2n) is 5.64. The third-order valence-corrected chi connectivity index (χ3v) is 2.99. The van der Waals surface area contributed by atoms with Crippen LogP contribution in [0, 0.1) is 0 Å². The van der Waals surface area contributed by atoms with Crippen molar-refractivity contribution in [2.24, 2.45) is 0 Å². The molecule has 0 aromatic carbocycles. The number of anilines is 1. The number of aliphatic hydroxyl groups is 1. The first kappa shape index (κ1) is 18.1. The number of nitrogens with zero attached hydrogens (tertiary/aromatic N) is 2. The van der Waals surface area contributed by atoms with E-state index in [2.05, 4.69) is 19.4 Å². The third kappa shape index (κ3) is 8.15. The highest BCUT2D eigenvalue weighted by molar-refractivity contribution is 6.99. The molecule has 1 aromatic rings. The number of hydrogen-bond donors (Lipinski definition) is 3. The van der Waals surface area contributed by atoms with Gasteiger partial charge in [-0.3, -0.25) is 0 Å². The lowest BCUT2D eigenvalue weighted by molar-refractivity contribution is 0.0985. The second-order valence-corrected chi connectivity index (χ2v) is 6.17. The van der Waals surface area contributed by atoms with Gasteiger partial charge in [-0.1, -0.05) is 0 Å². The van der Waals surface area contributed by atoms with E-state index < -0.39 is 6.10 Å². The van der Waals surface area contributed by atoms with E-state index >= 15 is 0 Å². The molecule has 1 heterocycles. The largest absolute Gasteiger partial charge is 0.472 e. The molecule has 0 aliphatic heterocycles. The zero-order valence-electron chi connectivity index (χ0n) is 13.2. The minimum atomic E-state index is -0.595. The molecule has 0 unspecified atom stereocenters. The van der Waals surface area contributed by atoms with Crippen molar-refractivity contribution in [3.63, 3.8) is 0 Å². The highest BCUT2D eigenvalue weighted by Crippen LogP contribution is 2.20. The molecule has 3 N–H and O–H groups in total. The Morgan fingerprint density at radius 3 is 2.76 bits per heavy atom. The van der Waals surface area contributed by atoms with E-state index in [1.165, 1.54) is 0 Å². The summed E-state index contributed by atoms with van der Waals surface area (Å²) < 4.78 is 18.9. The molecule has 0 saturated carbocycles. The van der Waals surface area contributed by atoms with E-state index in [-0.39, 0.29) is 12.1 Å². The van der Waals surface area contributed by atoms with Crippen LogP contribution in [0.15, 0.2) is 0 Å². The van der Waals surface area contributed by atoms with Crippen LogP contribution in [-0.4, -0.2) is 58.4 Å². The molecular formula is C13H26N4O3S. The lowest BCUT2D eigenvalue weighted by Gasteiger charge is -2.22. The standard InChI is InChI=1S/C13H26N4O3S/c1-5-19-7-6-14-11-12(17-21-16-11)20-9-10(18)8-15-13(2,3)4/h10,15,18H,5-9H2,1-4H3,(H,14,16)/t10-/m0/s1. The third-order valence-electron chi connectivity index (χ3n) is 2.48. The molecule has 0 aliphatic rings. The Kier molecular flexibility index (Phi) is 7.87. The van der Waals surface area contributed by atoms with Gasteiger partial charge in [-0.2, -0.15) is 4.37 Å². The summed E-state index contributed by atoms with van der Waals surface area (Å²) in [5.41, 5.74) is -0.0326. The maximum atomic E-state index is 9.88. The first-order chi connectivity index (χ1) is 9.92. The molecule has 8 heteroatoms. The van der Waals surface area contributed by atoms with Gasteiger partial charge in [-0.05, 0) is 27.7 Å². The van der Waals surface area contributed by atoms with Crippen LogP contribution in [0.4, 0.5) is 5.82 Å². The number of β-amino-alcohol motifs (C(OH)–C–C–N with tert-alkyl or cyclic N) is 1. The highest BCUT2D eigenvalue weighted by atomic mass is 32.1. The van der Waals surface area contributed by atoms with Gasteiger partial charge >= 0.3 is 0 Å². The van der Waals surface area contributed by atoms with Gasteiger partial charge in [0.05, 0.1) is 18.3 Å². The lowest BCUT2D eigenvalue weighted by atomic mass is 10.1. The van der Waals surface area contributed by atoms with E-state index in [0.29, 0.717) is 38.0 Å². The van der Waals surface area contributed by atoms with Gasteiger partial charge in [0.15, 0.2) is 0 Å². The molecule has 1 rings (SSSR count). The molecular weight excluding hydrogens is 292 g/mol. The SMILES string of the molecule is CCOCCNc1nsnc1OC[C@@H](O)CNC(C)(C)C. The van der Waals surface area contributed by atoms with Gasteiger partial charge in [0.1, 0.15) is 12.7 Å². The molecule has 122 valence electrons. The van der Waals surface area contributed by atoms with Crippen LogP contribution in [0.5, 0.6) is 5.88 Å². The van der Waals surface area contributed by atoms with E-state index in [0.717, 1.165) is 11.7 Å². The van der Waals surface area contributed by atoms with Crippen LogP contribution in [0.25, 0.3) is 0 Å². The Morgan fingerprint density at radius 2 is 2.10 bits per heavy atom. The maximum absolute atomic E-state index is 9.88. The molecule has 1 aromatic heterocycles. The fourth-order valence-corrected chi connectivity index (χ4v) is 1.91. The molecule has 0 spiro atoms. The van der Waals surface area contributed by atoms with Crippen LogP contribution < -0.4 is 15.4 Å². The average molecular weight is 318 g/mol. The fraction of sp³-hybridized carbons (Fsp3) is 0.846. The average Bonchev–Trinajstić information content (AvgIpc) is 2.86. The molecule has 0 aliphatic carbocycles. The molecule has 0 radical (unpaired) electrons. The summed E-state index contributed by atoms with van der Waals surface area (Å²) in [7, 11) is 0. The summed E-state index contributed by atoms with van der Waals surface area (Å²) >= 11 is 1.07. The van der Waals surface area contributed by atoms with Crippen LogP contribution >= 0.6 is 11.7 Å². The summed E-state index contributed by atoms with van der Waals surface area (Å²) in [5, 5.41) is 16.2. The Bertz CT molecular complexity index is 395. The Hall–Kier alpha value is -0.960. The molecule has 0 bridgehead atoms. The van der Waals surface area contributed by atoms with Gasteiger partial charge in [-0.15, -0.1) is 4.37 Å². The van der Waals surface area contributed by atoms with Crippen molar-refractivity contribution in [2.75, 3.05) is 38.2 Å². The Morgan fingerprint density at radius 1 is 1.33 bits per heavy atom. The van der Waals surface area contributed by atoms with Gasteiger partial charge < -0.3 is 25.2 Å². The summed E-state index contributed by atoms with van der Waals surface area (Å²) in [6, 6.07) is 0. The van der Waals surface area contributed by atoms with Crippen molar-refractivity contribution in [2.45, 2.75) is 39.3 Å². The van der Waals surface area contributed by atoms with Crippen molar-refractivity contribution >= 4 is 17.5 Å². The van der Waals surface area contributed by atoms with Crippen LogP contribution in [0.1, 0.15) is 27.7 Å². The van der Waals surface area contributed by atoms with Crippen molar-refractivity contribution in [3.8, 4) is 5.88 Å². The maximum Gasteiger partial charge on any atom is 0.270 e. The van der Waals surface area contributed by atoms with Gasteiger partial charge in [-0.25, -0.2) is 0 Å². The van der Waals surface area contributed by atoms with E-state index in [1.54, 1.807) is 0 Å². The molecule has 0 saturated heterocycles.